The number of fused-ring (bicyclic) bond motifs is 3. The monoisotopic (exact) mass is 611 g/mol. The number of nitrogen functional groups attached to an aromatic ring is 3. The van der Waals surface area contributed by atoms with Gasteiger partial charge in [0.05, 0.1) is 33.2 Å². The average Bonchev–Trinajstić information content (AvgIpc) is 3.09. The Kier molecular flexibility index (Phi) is 10.0. The van der Waals surface area contributed by atoms with Crippen molar-refractivity contribution in [1.29, 1.82) is 0 Å². The van der Waals surface area contributed by atoms with Crippen LogP contribution in [0.15, 0.2) is 121 Å². The number of hydrogen-bond acceptors (Lipinski definition) is 3. The van der Waals surface area contributed by atoms with Crippen molar-refractivity contribution >= 4 is 49.8 Å². The van der Waals surface area contributed by atoms with Crippen LogP contribution < -0.4 is 30.9 Å². The minimum Gasteiger partial charge on any atom is -0.398 e. The molecule has 6 rings (SSSR count). The SMILES string of the molecule is Nc1cc[n+](CCCC=C(CCCC[n+]2ccc(N)c3ccccc32)CCCC[n+]2ccc(N)c3ccccc32)c2ccccc12. The molecule has 0 saturated carbocycles. The van der Waals surface area contributed by atoms with E-state index in [1.54, 1.807) is 5.57 Å². The Balaban J connectivity index is 1.07. The molecule has 3 aromatic carbocycles. The summed E-state index contributed by atoms with van der Waals surface area (Å²) in [7, 11) is 0. The molecule has 0 atom stereocenters. The van der Waals surface area contributed by atoms with Gasteiger partial charge in [-0.15, -0.1) is 0 Å². The first-order chi connectivity index (χ1) is 22.6. The van der Waals surface area contributed by atoms with Gasteiger partial charge >= 0.3 is 0 Å². The van der Waals surface area contributed by atoms with Gasteiger partial charge in [-0.05, 0) is 50.3 Å². The zero-order valence-corrected chi connectivity index (χ0v) is 26.8. The molecule has 0 radical (unpaired) electrons. The Morgan fingerprint density at radius 1 is 0.457 bits per heavy atom. The smallest absolute Gasteiger partial charge is 0.214 e. The zero-order valence-electron chi connectivity index (χ0n) is 26.8. The Bertz CT molecular complexity index is 1880. The topological polar surface area (TPSA) is 89.7 Å². The van der Waals surface area contributed by atoms with Crippen LogP contribution >= 0.6 is 0 Å². The molecule has 234 valence electrons. The van der Waals surface area contributed by atoms with E-state index in [1.807, 2.05) is 18.2 Å². The molecule has 0 unspecified atom stereocenters. The third-order valence-electron chi connectivity index (χ3n) is 9.21. The number of rotatable bonds is 14. The maximum atomic E-state index is 6.24. The van der Waals surface area contributed by atoms with Crippen LogP contribution in [0.5, 0.6) is 0 Å². The summed E-state index contributed by atoms with van der Waals surface area (Å²) < 4.78 is 7.02. The Hall–Kier alpha value is -4.97. The zero-order chi connectivity index (χ0) is 31.7. The van der Waals surface area contributed by atoms with Crippen LogP contribution in [-0.2, 0) is 19.6 Å². The van der Waals surface area contributed by atoms with E-state index in [1.165, 1.54) is 29.4 Å². The summed E-state index contributed by atoms with van der Waals surface area (Å²) in [5.41, 5.74) is 26.4. The second-order valence-corrected chi connectivity index (χ2v) is 12.4. The van der Waals surface area contributed by atoms with E-state index in [0.717, 1.165) is 91.4 Å². The van der Waals surface area contributed by atoms with Crippen LogP contribution in [0.1, 0.15) is 51.4 Å². The standard InChI is InChI=1S/C40H44N6/c41-35-22-28-44(38-19-4-1-16-32(35)38)25-10-7-13-31(14-8-11-26-45-29-23-36(42)33-17-2-5-20-39(33)45)15-9-12-27-46-30-24-37(43)34-18-3-6-21-40(34)46/h1-6,13,16-24,28-30,41-43H,7-12,14-15,25-27H2/p+3. The van der Waals surface area contributed by atoms with E-state index in [0.29, 0.717) is 0 Å². The van der Waals surface area contributed by atoms with Crippen LogP contribution in [0.4, 0.5) is 17.1 Å². The van der Waals surface area contributed by atoms with Gasteiger partial charge in [-0.2, -0.15) is 13.7 Å². The van der Waals surface area contributed by atoms with Gasteiger partial charge in [-0.1, -0.05) is 48.0 Å². The van der Waals surface area contributed by atoms with Gasteiger partial charge in [0, 0.05) is 55.7 Å². The van der Waals surface area contributed by atoms with Crippen molar-refractivity contribution in [3.05, 3.63) is 121 Å². The maximum absolute atomic E-state index is 6.24. The lowest BCUT2D eigenvalue weighted by Crippen LogP contribution is -2.34. The number of aryl methyl sites for hydroxylation is 3. The first kappa shape index (κ1) is 31.0. The van der Waals surface area contributed by atoms with Crippen molar-refractivity contribution in [3.8, 4) is 0 Å². The molecule has 6 heteroatoms. The molecular formula is C40H47N6+3. The van der Waals surface area contributed by atoms with Gasteiger partial charge in [0.1, 0.15) is 19.6 Å². The molecule has 0 spiro atoms. The Morgan fingerprint density at radius 3 is 1.24 bits per heavy atom. The third kappa shape index (κ3) is 7.28. The van der Waals surface area contributed by atoms with E-state index in [4.69, 9.17) is 17.2 Å². The van der Waals surface area contributed by atoms with Gasteiger partial charge < -0.3 is 17.2 Å². The van der Waals surface area contributed by atoms with Crippen LogP contribution in [0.3, 0.4) is 0 Å². The second-order valence-electron chi connectivity index (χ2n) is 12.4. The number of nitrogens with zero attached hydrogens (tertiary/aromatic N) is 3. The fourth-order valence-electron chi connectivity index (χ4n) is 6.68. The molecule has 46 heavy (non-hydrogen) atoms. The normalized spacial score (nSPS) is 11.4. The lowest BCUT2D eigenvalue weighted by atomic mass is 10.0. The average molecular weight is 612 g/mol. The summed E-state index contributed by atoms with van der Waals surface area (Å²) in [4.78, 5) is 0. The second kappa shape index (κ2) is 14.9. The number of unbranched alkanes of at least 4 members (excludes halogenated alkanes) is 3. The summed E-state index contributed by atoms with van der Waals surface area (Å²) in [6.45, 7) is 2.97. The number of pyridine rings is 3. The molecule has 0 aliphatic carbocycles. The largest absolute Gasteiger partial charge is 0.398 e. The summed E-state index contributed by atoms with van der Waals surface area (Å²) in [5.74, 6) is 0. The quantitative estimate of drug-likeness (QED) is 0.0691. The van der Waals surface area contributed by atoms with Crippen molar-refractivity contribution in [3.63, 3.8) is 0 Å². The number of anilines is 3. The lowest BCUT2D eigenvalue weighted by molar-refractivity contribution is -0.671. The van der Waals surface area contributed by atoms with Crippen molar-refractivity contribution in [2.45, 2.75) is 71.0 Å². The number of benzene rings is 3. The number of allylic oxidation sites excluding steroid dienone is 2. The highest BCUT2D eigenvalue weighted by atomic mass is 15.0. The fraction of sp³-hybridized carbons (Fsp3) is 0.275. The predicted molar refractivity (Wildman–Crippen MR) is 191 cm³/mol. The molecule has 0 aliphatic rings. The first-order valence-electron chi connectivity index (χ1n) is 16.8. The Labute approximate surface area is 272 Å². The highest BCUT2D eigenvalue weighted by Gasteiger charge is 2.13. The number of para-hydroxylation sites is 3. The van der Waals surface area contributed by atoms with Crippen molar-refractivity contribution in [1.82, 2.24) is 0 Å². The number of nitrogens with two attached hydrogens (primary N) is 3. The predicted octanol–water partition coefficient (Wildman–Crippen LogP) is 7.20. The number of hydrogen-bond donors (Lipinski definition) is 3. The number of aromatic nitrogens is 3. The lowest BCUT2D eigenvalue weighted by Gasteiger charge is -2.09. The maximum Gasteiger partial charge on any atom is 0.214 e. The van der Waals surface area contributed by atoms with E-state index in [2.05, 4.69) is 111 Å². The minimum absolute atomic E-state index is 0.837. The van der Waals surface area contributed by atoms with E-state index in [-0.39, 0.29) is 0 Å². The molecule has 0 saturated heterocycles. The van der Waals surface area contributed by atoms with E-state index >= 15 is 0 Å². The van der Waals surface area contributed by atoms with Crippen molar-refractivity contribution in [2.24, 2.45) is 0 Å². The first-order valence-corrected chi connectivity index (χ1v) is 16.8. The summed E-state index contributed by atoms with van der Waals surface area (Å²) in [6, 6.07) is 31.4. The summed E-state index contributed by atoms with van der Waals surface area (Å²) >= 11 is 0. The molecule has 6 aromatic rings. The molecule has 3 aromatic heterocycles. The van der Waals surface area contributed by atoms with Crippen LogP contribution in [-0.4, -0.2) is 0 Å². The van der Waals surface area contributed by atoms with Crippen LogP contribution in [0.2, 0.25) is 0 Å². The van der Waals surface area contributed by atoms with Gasteiger partial charge in [-0.25, -0.2) is 0 Å². The molecule has 0 bridgehead atoms. The van der Waals surface area contributed by atoms with Crippen molar-refractivity contribution in [2.75, 3.05) is 17.2 Å². The highest BCUT2D eigenvalue weighted by molar-refractivity contribution is 5.88. The Morgan fingerprint density at radius 2 is 0.826 bits per heavy atom. The van der Waals surface area contributed by atoms with Crippen LogP contribution in [0.25, 0.3) is 32.7 Å². The van der Waals surface area contributed by atoms with E-state index in [9.17, 15) is 0 Å². The van der Waals surface area contributed by atoms with Crippen molar-refractivity contribution < 1.29 is 13.7 Å². The fourth-order valence-corrected chi connectivity index (χ4v) is 6.68. The molecule has 0 aliphatic heterocycles. The third-order valence-corrected chi connectivity index (χ3v) is 9.21. The molecule has 3 heterocycles. The highest BCUT2D eigenvalue weighted by Crippen LogP contribution is 2.21. The molecule has 0 amide bonds. The van der Waals surface area contributed by atoms with Gasteiger partial charge in [-0.3, -0.25) is 0 Å². The molecule has 0 fully saturated rings. The molecule has 6 nitrogen and oxygen atoms in total. The van der Waals surface area contributed by atoms with E-state index < -0.39 is 0 Å². The van der Waals surface area contributed by atoms with Gasteiger partial charge in [0.15, 0.2) is 18.6 Å². The summed E-state index contributed by atoms with van der Waals surface area (Å²) in [6.07, 6.45) is 18.0. The van der Waals surface area contributed by atoms with Gasteiger partial charge in [0.25, 0.3) is 0 Å². The van der Waals surface area contributed by atoms with Gasteiger partial charge in [0.2, 0.25) is 16.6 Å². The minimum atomic E-state index is 0.837. The molecular weight excluding hydrogens is 564 g/mol. The molecule has 6 N–H and O–H groups in total. The summed E-state index contributed by atoms with van der Waals surface area (Å²) in [5, 5.41) is 3.38. The van der Waals surface area contributed by atoms with Crippen LogP contribution in [0, 0.1) is 0 Å².